The van der Waals surface area contributed by atoms with Crippen molar-refractivity contribution < 1.29 is 9.59 Å². The van der Waals surface area contributed by atoms with Crippen LogP contribution >= 0.6 is 0 Å². The summed E-state index contributed by atoms with van der Waals surface area (Å²) in [6.45, 7) is 0. The first-order valence-corrected chi connectivity index (χ1v) is 2.78. The average Bonchev–Trinajstić information content (AvgIpc) is 2.58. The second kappa shape index (κ2) is 1.21. The van der Waals surface area contributed by atoms with Crippen LogP contribution in [0.2, 0.25) is 0 Å². The highest BCUT2D eigenvalue weighted by atomic mass is 16.2. The fourth-order valence-corrected chi connectivity index (χ4v) is 0.933. The Balaban J connectivity index is 2.48. The third-order valence-electron chi connectivity index (χ3n) is 1.56. The molecule has 2 aliphatic rings. The highest BCUT2D eigenvalue weighted by molar-refractivity contribution is 6.49. The zero-order chi connectivity index (χ0) is 6.43. The number of ketones is 2. The Morgan fingerprint density at radius 3 is 2.67 bits per heavy atom. The van der Waals surface area contributed by atoms with Crippen molar-refractivity contribution in [2.45, 2.75) is 6.42 Å². The normalized spacial score (nSPS) is 22.7. The molecule has 2 aliphatic carbocycles. The Bertz CT molecular complexity index is 266. The van der Waals surface area contributed by atoms with Crippen LogP contribution < -0.4 is 0 Å². The number of rotatable bonds is 0. The Labute approximate surface area is 51.9 Å². The summed E-state index contributed by atoms with van der Waals surface area (Å²) in [6.07, 6.45) is 3.80. The van der Waals surface area contributed by atoms with E-state index in [0.29, 0.717) is 0 Å². The summed E-state index contributed by atoms with van der Waals surface area (Å²) in [6, 6.07) is 0. The van der Waals surface area contributed by atoms with Crippen molar-refractivity contribution in [1.82, 2.24) is 0 Å². The van der Waals surface area contributed by atoms with Crippen LogP contribution in [-0.2, 0) is 9.59 Å². The molecule has 0 aromatic rings. The maximum Gasteiger partial charge on any atom is 0.229 e. The van der Waals surface area contributed by atoms with E-state index < -0.39 is 0 Å². The first-order chi connectivity index (χ1) is 4.29. The minimum absolute atomic E-state index is 0.299. The smallest absolute Gasteiger partial charge is 0.229 e. The molecule has 2 heteroatoms. The number of hydrogen-bond acceptors (Lipinski definition) is 2. The molecule has 0 fully saturated rings. The second-order valence-corrected chi connectivity index (χ2v) is 2.21. The van der Waals surface area contributed by atoms with Gasteiger partial charge in [0.2, 0.25) is 11.6 Å². The lowest BCUT2D eigenvalue weighted by Gasteiger charge is -1.88. The maximum absolute atomic E-state index is 10.7. The number of carbonyl (C=O) groups is 2. The lowest BCUT2D eigenvalue weighted by Crippen LogP contribution is -2.09. The van der Waals surface area contributed by atoms with Crippen LogP contribution in [0, 0.1) is 0 Å². The molecule has 2 nitrogen and oxygen atoms in total. The van der Waals surface area contributed by atoms with Crippen LogP contribution in [0.15, 0.2) is 23.3 Å². The molecule has 0 radical (unpaired) electrons. The third-order valence-corrected chi connectivity index (χ3v) is 1.56. The molecule has 9 heavy (non-hydrogen) atoms. The highest BCUT2D eigenvalue weighted by Gasteiger charge is 2.32. The molecule has 0 aromatic heterocycles. The zero-order valence-electron chi connectivity index (χ0n) is 4.68. The van der Waals surface area contributed by atoms with Crippen LogP contribution in [0.5, 0.6) is 0 Å². The van der Waals surface area contributed by atoms with Gasteiger partial charge in [0.25, 0.3) is 0 Å². The van der Waals surface area contributed by atoms with E-state index in [2.05, 4.69) is 0 Å². The van der Waals surface area contributed by atoms with Gasteiger partial charge in [0.15, 0.2) is 0 Å². The van der Waals surface area contributed by atoms with Gasteiger partial charge in [0.05, 0.1) is 0 Å². The number of carbonyl (C=O) groups excluding carboxylic acids is 2. The van der Waals surface area contributed by atoms with Crippen molar-refractivity contribution in [3.8, 4) is 0 Å². The molecule has 44 valence electrons. The third kappa shape index (κ3) is 0.499. The fourth-order valence-electron chi connectivity index (χ4n) is 0.933. The van der Waals surface area contributed by atoms with E-state index in [1.165, 1.54) is 6.08 Å². The van der Waals surface area contributed by atoms with Crippen molar-refractivity contribution in [2.24, 2.45) is 0 Å². The van der Waals surface area contributed by atoms with E-state index in [9.17, 15) is 9.59 Å². The molecular formula is C7H4O2. The van der Waals surface area contributed by atoms with Crippen molar-refractivity contribution in [3.63, 3.8) is 0 Å². The van der Waals surface area contributed by atoms with E-state index in [4.69, 9.17) is 0 Å². The first kappa shape index (κ1) is 4.68. The molecule has 0 amide bonds. The van der Waals surface area contributed by atoms with Crippen molar-refractivity contribution in [2.75, 3.05) is 0 Å². The van der Waals surface area contributed by atoms with Gasteiger partial charge < -0.3 is 0 Å². The summed E-state index contributed by atoms with van der Waals surface area (Å²) in [5.74, 6) is -0.668. The molecular weight excluding hydrogens is 116 g/mol. The molecule has 0 N–H and O–H groups in total. The van der Waals surface area contributed by atoms with Crippen LogP contribution in [0.3, 0.4) is 0 Å². The molecule has 2 rings (SSSR count). The summed E-state index contributed by atoms with van der Waals surface area (Å²) in [5.41, 5.74) is 1.77. The van der Waals surface area contributed by atoms with Gasteiger partial charge in [-0.2, -0.15) is 0 Å². The topological polar surface area (TPSA) is 34.1 Å². The van der Waals surface area contributed by atoms with E-state index in [-0.39, 0.29) is 11.6 Å². The van der Waals surface area contributed by atoms with E-state index in [1.54, 1.807) is 6.08 Å². The summed E-state index contributed by atoms with van der Waals surface area (Å²) in [4.78, 5) is 21.3. The van der Waals surface area contributed by atoms with Gasteiger partial charge in [0, 0.05) is 12.0 Å². The van der Waals surface area contributed by atoms with E-state index >= 15 is 0 Å². The molecule has 0 saturated heterocycles. The second-order valence-electron chi connectivity index (χ2n) is 2.21. The molecule has 0 heterocycles. The van der Waals surface area contributed by atoms with Crippen LogP contribution in [0.1, 0.15) is 6.42 Å². The summed E-state index contributed by atoms with van der Waals surface area (Å²) in [5, 5.41) is 0. The monoisotopic (exact) mass is 120 g/mol. The number of Topliss-reactive ketones (excluding diaryl/α,β-unsaturated/α-hetero) is 1. The van der Waals surface area contributed by atoms with Crippen LogP contribution in [-0.4, -0.2) is 11.6 Å². The van der Waals surface area contributed by atoms with Crippen molar-refractivity contribution in [1.29, 1.82) is 0 Å². The lowest BCUT2D eigenvalue weighted by atomic mass is 10.1. The van der Waals surface area contributed by atoms with Crippen molar-refractivity contribution in [3.05, 3.63) is 23.3 Å². The van der Waals surface area contributed by atoms with Crippen LogP contribution in [0.4, 0.5) is 0 Å². The number of allylic oxidation sites excluding steroid dienone is 4. The van der Waals surface area contributed by atoms with Gasteiger partial charge in [0.1, 0.15) is 0 Å². The van der Waals surface area contributed by atoms with Gasteiger partial charge >= 0.3 is 0 Å². The Hall–Kier alpha value is -1.18. The summed E-state index contributed by atoms with van der Waals surface area (Å²) in [7, 11) is 0. The van der Waals surface area contributed by atoms with Gasteiger partial charge in [-0.25, -0.2) is 0 Å². The Kier molecular flexibility index (Phi) is 0.628. The molecule has 0 aromatic carbocycles. The van der Waals surface area contributed by atoms with E-state index in [0.717, 1.165) is 17.6 Å². The molecule has 0 unspecified atom stereocenters. The predicted molar refractivity (Wildman–Crippen MR) is 30.8 cm³/mol. The van der Waals surface area contributed by atoms with Gasteiger partial charge in [-0.3, -0.25) is 9.59 Å². The number of hydrogen-bond donors (Lipinski definition) is 0. The summed E-state index contributed by atoms with van der Waals surface area (Å²) >= 11 is 0. The summed E-state index contributed by atoms with van der Waals surface area (Å²) < 4.78 is 0. The zero-order valence-corrected chi connectivity index (χ0v) is 4.68. The highest BCUT2D eigenvalue weighted by Crippen LogP contribution is 2.35. The van der Waals surface area contributed by atoms with Crippen molar-refractivity contribution >= 4 is 11.6 Å². The molecule has 0 bridgehead atoms. The molecule has 0 saturated carbocycles. The van der Waals surface area contributed by atoms with Crippen LogP contribution in [0.25, 0.3) is 0 Å². The quantitative estimate of drug-likeness (QED) is 0.342. The molecule has 0 atom stereocenters. The van der Waals surface area contributed by atoms with Gasteiger partial charge in [-0.15, -0.1) is 0 Å². The first-order valence-electron chi connectivity index (χ1n) is 2.78. The molecule has 0 spiro atoms. The average molecular weight is 120 g/mol. The predicted octanol–water partition coefficient (Wildman–Crippen LogP) is 0.395. The molecule has 0 aliphatic heterocycles. The minimum Gasteiger partial charge on any atom is -0.286 e. The van der Waals surface area contributed by atoms with E-state index in [1.807, 2.05) is 0 Å². The fraction of sp³-hybridized carbons (Fsp3) is 0.143. The van der Waals surface area contributed by atoms with Gasteiger partial charge in [-0.1, -0.05) is 6.08 Å². The minimum atomic E-state index is -0.369. The van der Waals surface area contributed by atoms with Gasteiger partial charge in [-0.05, 0) is 11.6 Å². The Morgan fingerprint density at radius 1 is 1.22 bits per heavy atom. The Morgan fingerprint density at radius 2 is 2.00 bits per heavy atom. The SMILES string of the molecule is O=C1C=CC2=C(C2)C1=O. The largest absolute Gasteiger partial charge is 0.286 e. The standard InChI is InChI=1S/C7H4O2/c8-6-2-1-4-3-5(4)7(6)9/h1-2H,3H2. The lowest BCUT2D eigenvalue weighted by molar-refractivity contribution is -0.131. The maximum atomic E-state index is 10.7.